The third kappa shape index (κ3) is 4.12. The van der Waals surface area contributed by atoms with Gasteiger partial charge in [-0.25, -0.2) is 0 Å². The maximum Gasteiger partial charge on any atom is 0.265 e. The zero-order valence-corrected chi connectivity index (χ0v) is 19.1. The van der Waals surface area contributed by atoms with Crippen LogP contribution in [0.4, 0.5) is 5.69 Å². The predicted octanol–water partition coefficient (Wildman–Crippen LogP) is 5.42. The van der Waals surface area contributed by atoms with Gasteiger partial charge in [0.1, 0.15) is 5.75 Å². The minimum Gasteiger partial charge on any atom is -0.496 e. The Kier molecular flexibility index (Phi) is 5.80. The van der Waals surface area contributed by atoms with Gasteiger partial charge in [-0.15, -0.1) is 11.3 Å². The molecule has 1 N–H and O–H groups in total. The van der Waals surface area contributed by atoms with Crippen molar-refractivity contribution in [1.82, 2.24) is 4.90 Å². The molecule has 0 unspecified atom stereocenters. The average Bonchev–Trinajstić information content (AvgIpc) is 3.27. The Labute approximate surface area is 190 Å². The van der Waals surface area contributed by atoms with Crippen molar-refractivity contribution in [2.45, 2.75) is 13.1 Å². The zero-order chi connectivity index (χ0) is 20.5. The van der Waals surface area contributed by atoms with Gasteiger partial charge in [-0.3, -0.25) is 9.59 Å². The van der Waals surface area contributed by atoms with Crippen LogP contribution < -0.4 is 10.1 Å². The summed E-state index contributed by atoms with van der Waals surface area (Å²) < 4.78 is 6.85. The summed E-state index contributed by atoms with van der Waals surface area (Å²) in [6, 6.07) is 14.7. The smallest absolute Gasteiger partial charge is 0.265 e. The van der Waals surface area contributed by atoms with Crippen molar-refractivity contribution in [2.75, 3.05) is 12.4 Å². The molecular formula is C21H16ClIN2O3S. The largest absolute Gasteiger partial charge is 0.496 e. The fraction of sp³-hybridized carbons (Fsp3) is 0.143. The van der Waals surface area contributed by atoms with Crippen LogP contribution >= 0.6 is 45.5 Å². The molecule has 3 aromatic rings. The lowest BCUT2D eigenvalue weighted by atomic mass is 10.1. The molecule has 0 radical (unpaired) electrons. The number of methoxy groups -OCH3 is 1. The summed E-state index contributed by atoms with van der Waals surface area (Å²) in [6.07, 6.45) is 0. The van der Waals surface area contributed by atoms with E-state index < -0.39 is 0 Å². The first kappa shape index (κ1) is 20.2. The normalized spacial score (nSPS) is 12.8. The molecule has 1 aliphatic rings. The van der Waals surface area contributed by atoms with Crippen LogP contribution in [0.3, 0.4) is 0 Å². The van der Waals surface area contributed by atoms with Crippen molar-refractivity contribution >= 4 is 63.0 Å². The van der Waals surface area contributed by atoms with Crippen molar-refractivity contribution in [3.63, 3.8) is 0 Å². The number of fused-ring (bicyclic) bond motifs is 1. The van der Waals surface area contributed by atoms with E-state index in [1.807, 2.05) is 24.3 Å². The molecule has 0 atom stereocenters. The Morgan fingerprint density at radius 3 is 2.79 bits per heavy atom. The Hall–Kier alpha value is -2.10. The first-order valence-corrected chi connectivity index (χ1v) is 11.0. The van der Waals surface area contributed by atoms with Gasteiger partial charge in [0.15, 0.2) is 0 Å². The van der Waals surface area contributed by atoms with Crippen molar-refractivity contribution in [3.8, 4) is 5.75 Å². The van der Waals surface area contributed by atoms with E-state index in [9.17, 15) is 9.59 Å². The third-order valence-electron chi connectivity index (χ3n) is 4.68. The van der Waals surface area contributed by atoms with Gasteiger partial charge in [0, 0.05) is 29.9 Å². The summed E-state index contributed by atoms with van der Waals surface area (Å²) in [7, 11) is 1.64. The number of nitrogens with one attached hydrogen (secondary N) is 1. The summed E-state index contributed by atoms with van der Waals surface area (Å²) in [6.45, 7) is 0.930. The average molecular weight is 539 g/mol. The van der Waals surface area contributed by atoms with Gasteiger partial charge < -0.3 is 15.0 Å². The lowest BCUT2D eigenvalue weighted by Gasteiger charge is -2.16. The van der Waals surface area contributed by atoms with Crippen molar-refractivity contribution in [3.05, 3.63) is 78.0 Å². The first-order valence-electron chi connectivity index (χ1n) is 8.76. The van der Waals surface area contributed by atoms with Gasteiger partial charge in [-0.05, 0) is 64.6 Å². The molecule has 1 aliphatic heterocycles. The van der Waals surface area contributed by atoms with Crippen LogP contribution in [0.5, 0.6) is 5.75 Å². The van der Waals surface area contributed by atoms with Crippen molar-refractivity contribution in [2.24, 2.45) is 0 Å². The van der Waals surface area contributed by atoms with Crippen LogP contribution in [0.15, 0.2) is 48.5 Å². The van der Waals surface area contributed by atoms with E-state index in [0.29, 0.717) is 33.6 Å². The molecule has 4 rings (SSSR count). The van der Waals surface area contributed by atoms with E-state index in [0.717, 1.165) is 20.4 Å². The number of thiophene rings is 1. The van der Waals surface area contributed by atoms with Gasteiger partial charge in [0.05, 0.1) is 19.9 Å². The second-order valence-electron chi connectivity index (χ2n) is 6.52. The second-order valence-corrected chi connectivity index (χ2v) is 9.40. The molecule has 29 heavy (non-hydrogen) atoms. The number of benzene rings is 2. The number of amides is 2. The molecule has 0 fully saturated rings. The van der Waals surface area contributed by atoms with E-state index in [2.05, 4.69) is 27.9 Å². The molecule has 5 nitrogen and oxygen atoms in total. The molecule has 148 valence electrons. The van der Waals surface area contributed by atoms with Crippen LogP contribution in [0.25, 0.3) is 0 Å². The Bertz CT molecular complexity index is 1120. The van der Waals surface area contributed by atoms with Gasteiger partial charge in [-0.2, -0.15) is 0 Å². The molecule has 8 heteroatoms. The fourth-order valence-corrected chi connectivity index (χ4v) is 5.02. The van der Waals surface area contributed by atoms with E-state index >= 15 is 0 Å². The third-order valence-corrected chi connectivity index (χ3v) is 6.75. The Morgan fingerprint density at radius 1 is 1.28 bits per heavy atom. The first-order chi connectivity index (χ1) is 14.0. The highest BCUT2D eigenvalue weighted by molar-refractivity contribution is 14.1. The number of halogens is 2. The minimum atomic E-state index is -0.231. The number of hydrogen-bond acceptors (Lipinski definition) is 4. The van der Waals surface area contributed by atoms with E-state index in [1.54, 1.807) is 36.3 Å². The SMILES string of the molecule is COc1ccc(CN2Cc3c(NC(=O)c4ccc(Cl)s4)cccc3C2=O)cc1I. The van der Waals surface area contributed by atoms with Crippen molar-refractivity contribution < 1.29 is 14.3 Å². The monoisotopic (exact) mass is 538 g/mol. The Balaban J connectivity index is 1.54. The molecule has 0 bridgehead atoms. The number of carbonyl (C=O) groups excluding carboxylic acids is 2. The number of ether oxygens (including phenoxy) is 1. The molecule has 0 saturated carbocycles. The molecule has 2 amide bonds. The van der Waals surface area contributed by atoms with Crippen molar-refractivity contribution in [1.29, 1.82) is 0 Å². The topological polar surface area (TPSA) is 58.6 Å². The maximum absolute atomic E-state index is 12.9. The van der Waals surface area contributed by atoms with Crippen LogP contribution in [0, 0.1) is 3.57 Å². The highest BCUT2D eigenvalue weighted by Gasteiger charge is 2.30. The van der Waals surface area contributed by atoms with Crippen LogP contribution in [-0.2, 0) is 13.1 Å². The second kappa shape index (κ2) is 8.33. The zero-order valence-electron chi connectivity index (χ0n) is 15.4. The molecule has 0 saturated heterocycles. The number of anilines is 1. The number of rotatable bonds is 5. The van der Waals surface area contributed by atoms with Crippen LogP contribution in [0.2, 0.25) is 4.34 Å². The molecule has 0 spiro atoms. The summed E-state index contributed by atoms with van der Waals surface area (Å²) in [5.74, 6) is 0.538. The lowest BCUT2D eigenvalue weighted by molar-refractivity contribution is 0.0766. The summed E-state index contributed by atoms with van der Waals surface area (Å²) >= 11 is 9.37. The minimum absolute atomic E-state index is 0.0407. The summed E-state index contributed by atoms with van der Waals surface area (Å²) in [5, 5.41) is 2.92. The van der Waals surface area contributed by atoms with Crippen LogP contribution in [0.1, 0.15) is 31.2 Å². The quantitative estimate of drug-likeness (QED) is 0.441. The molecular weight excluding hydrogens is 523 g/mol. The van der Waals surface area contributed by atoms with E-state index in [1.165, 1.54) is 11.3 Å². The standard InChI is InChI=1S/C21H16ClIN2O3S/c1-28-17-6-5-12(9-15(17)23)10-25-11-14-13(21(25)27)3-2-4-16(14)24-20(26)18-7-8-19(22)29-18/h2-9H,10-11H2,1H3,(H,24,26). The summed E-state index contributed by atoms with van der Waals surface area (Å²) in [4.78, 5) is 27.7. The molecule has 2 heterocycles. The van der Waals surface area contributed by atoms with Gasteiger partial charge >= 0.3 is 0 Å². The van der Waals surface area contributed by atoms with E-state index in [-0.39, 0.29) is 11.8 Å². The lowest BCUT2D eigenvalue weighted by Crippen LogP contribution is -2.23. The highest BCUT2D eigenvalue weighted by atomic mass is 127. The Morgan fingerprint density at radius 2 is 2.10 bits per heavy atom. The van der Waals surface area contributed by atoms with Gasteiger partial charge in [-0.1, -0.05) is 23.7 Å². The summed E-state index contributed by atoms with van der Waals surface area (Å²) in [5.41, 5.74) is 3.12. The number of hydrogen-bond donors (Lipinski definition) is 1. The maximum atomic E-state index is 12.9. The van der Waals surface area contributed by atoms with Gasteiger partial charge in [0.25, 0.3) is 11.8 Å². The number of carbonyl (C=O) groups is 2. The van der Waals surface area contributed by atoms with E-state index in [4.69, 9.17) is 16.3 Å². The molecule has 2 aromatic carbocycles. The fourth-order valence-electron chi connectivity index (χ4n) is 3.28. The van der Waals surface area contributed by atoms with Crippen LogP contribution in [-0.4, -0.2) is 23.8 Å². The van der Waals surface area contributed by atoms with Gasteiger partial charge in [0.2, 0.25) is 0 Å². The molecule has 1 aromatic heterocycles. The highest BCUT2D eigenvalue weighted by Crippen LogP contribution is 2.32. The predicted molar refractivity (Wildman–Crippen MR) is 123 cm³/mol. The number of nitrogens with zero attached hydrogens (tertiary/aromatic N) is 1. The molecule has 0 aliphatic carbocycles.